The van der Waals surface area contributed by atoms with Gasteiger partial charge in [-0.05, 0) is 77.9 Å². The Morgan fingerprint density at radius 2 is 1.44 bits per heavy atom. The van der Waals surface area contributed by atoms with E-state index in [0.717, 1.165) is 42.1 Å². The first-order chi connectivity index (χ1) is 15.6. The molecule has 0 spiro atoms. The lowest BCUT2D eigenvalue weighted by Crippen LogP contribution is -2.09. The van der Waals surface area contributed by atoms with E-state index in [0.29, 0.717) is 0 Å². The van der Waals surface area contributed by atoms with Gasteiger partial charge in [-0.2, -0.15) is 0 Å². The van der Waals surface area contributed by atoms with E-state index >= 15 is 0 Å². The van der Waals surface area contributed by atoms with Crippen molar-refractivity contribution in [2.75, 3.05) is 6.61 Å². The van der Waals surface area contributed by atoms with Crippen LogP contribution in [-0.4, -0.2) is 12.7 Å². The van der Waals surface area contributed by atoms with Crippen molar-refractivity contribution in [2.45, 2.75) is 59.0 Å². The molecule has 1 atom stereocenters. The Labute approximate surface area is 193 Å². The standard InChI is InChI=1S/C30H36O2/c1-5-8-9-10-21-31-28-16-11-25(12-17-28)27-15-20-30(24(7-3)22-27)26-13-18-29(19-14-26)32-23(4)6-2/h7,11-20,22-23H,3,5-6,8-10,21H2,1-2,4H3/t23-/m1/s1. The highest BCUT2D eigenvalue weighted by Gasteiger charge is 2.08. The second kappa shape index (κ2) is 12.1. The van der Waals surface area contributed by atoms with Crippen LogP contribution in [0.2, 0.25) is 0 Å². The number of unbranched alkanes of at least 4 members (excludes halogenated alkanes) is 3. The maximum absolute atomic E-state index is 5.91. The van der Waals surface area contributed by atoms with Gasteiger partial charge in [0.1, 0.15) is 11.5 Å². The largest absolute Gasteiger partial charge is 0.494 e. The average Bonchev–Trinajstić information content (AvgIpc) is 2.84. The third-order valence-corrected chi connectivity index (χ3v) is 5.80. The van der Waals surface area contributed by atoms with Gasteiger partial charge in [-0.15, -0.1) is 0 Å². The molecule has 3 aromatic carbocycles. The van der Waals surface area contributed by atoms with E-state index in [2.05, 4.69) is 81.9 Å². The molecule has 0 heterocycles. The first-order valence-electron chi connectivity index (χ1n) is 11.9. The molecule has 0 aliphatic heterocycles. The molecule has 0 fully saturated rings. The van der Waals surface area contributed by atoms with Crippen LogP contribution in [0, 0.1) is 0 Å². The van der Waals surface area contributed by atoms with E-state index in [9.17, 15) is 0 Å². The summed E-state index contributed by atoms with van der Waals surface area (Å²) < 4.78 is 11.8. The fourth-order valence-corrected chi connectivity index (χ4v) is 3.67. The van der Waals surface area contributed by atoms with E-state index in [4.69, 9.17) is 9.47 Å². The van der Waals surface area contributed by atoms with Crippen molar-refractivity contribution in [3.63, 3.8) is 0 Å². The molecule has 2 heteroatoms. The fourth-order valence-electron chi connectivity index (χ4n) is 3.67. The van der Waals surface area contributed by atoms with Crippen molar-refractivity contribution in [1.82, 2.24) is 0 Å². The first-order valence-corrected chi connectivity index (χ1v) is 11.9. The van der Waals surface area contributed by atoms with Crippen molar-refractivity contribution < 1.29 is 9.47 Å². The maximum Gasteiger partial charge on any atom is 0.119 e. The van der Waals surface area contributed by atoms with Crippen LogP contribution in [0.5, 0.6) is 11.5 Å². The molecule has 2 nitrogen and oxygen atoms in total. The predicted molar refractivity (Wildman–Crippen MR) is 137 cm³/mol. The van der Waals surface area contributed by atoms with E-state index in [1.54, 1.807) is 0 Å². The van der Waals surface area contributed by atoms with Gasteiger partial charge in [0.2, 0.25) is 0 Å². The monoisotopic (exact) mass is 428 g/mol. The molecule has 0 unspecified atom stereocenters. The molecular weight excluding hydrogens is 392 g/mol. The molecule has 0 aromatic heterocycles. The lowest BCUT2D eigenvalue weighted by atomic mass is 9.95. The summed E-state index contributed by atoms with van der Waals surface area (Å²) in [6.45, 7) is 11.3. The van der Waals surface area contributed by atoms with Gasteiger partial charge in [0.05, 0.1) is 12.7 Å². The minimum atomic E-state index is 0.224. The molecule has 3 aromatic rings. The van der Waals surface area contributed by atoms with Gasteiger partial charge < -0.3 is 9.47 Å². The van der Waals surface area contributed by atoms with Crippen molar-refractivity contribution >= 4 is 6.08 Å². The summed E-state index contributed by atoms with van der Waals surface area (Å²) in [5.74, 6) is 1.85. The van der Waals surface area contributed by atoms with Crippen LogP contribution in [0.15, 0.2) is 73.3 Å². The molecule has 0 saturated carbocycles. The summed E-state index contributed by atoms with van der Waals surface area (Å²) in [6, 6.07) is 23.3. The molecule has 0 aliphatic carbocycles. The van der Waals surface area contributed by atoms with Gasteiger partial charge in [-0.25, -0.2) is 0 Å². The van der Waals surface area contributed by atoms with Crippen LogP contribution in [0.3, 0.4) is 0 Å². The third-order valence-electron chi connectivity index (χ3n) is 5.80. The molecule has 0 aliphatic rings. The zero-order valence-corrected chi connectivity index (χ0v) is 19.8. The van der Waals surface area contributed by atoms with Crippen molar-refractivity contribution in [1.29, 1.82) is 0 Å². The van der Waals surface area contributed by atoms with Gasteiger partial charge in [-0.1, -0.05) is 82.2 Å². The molecule has 3 rings (SSSR count). The molecule has 0 N–H and O–H groups in total. The molecule has 0 radical (unpaired) electrons. The Kier molecular flexibility index (Phi) is 8.98. The Bertz CT molecular complexity index is 971. The van der Waals surface area contributed by atoms with E-state index in [-0.39, 0.29) is 6.10 Å². The predicted octanol–water partition coefficient (Wildman–Crippen LogP) is 8.80. The van der Waals surface area contributed by atoms with Crippen LogP contribution in [0.25, 0.3) is 28.3 Å². The minimum Gasteiger partial charge on any atom is -0.494 e. The van der Waals surface area contributed by atoms with Crippen LogP contribution < -0.4 is 9.47 Å². The van der Waals surface area contributed by atoms with Crippen LogP contribution in [0.4, 0.5) is 0 Å². The highest BCUT2D eigenvalue weighted by atomic mass is 16.5. The molecule has 0 bridgehead atoms. The number of benzene rings is 3. The van der Waals surface area contributed by atoms with Gasteiger partial charge >= 0.3 is 0 Å². The first kappa shape index (κ1) is 23.7. The fraction of sp³-hybridized carbons (Fsp3) is 0.333. The van der Waals surface area contributed by atoms with E-state index < -0.39 is 0 Å². The third kappa shape index (κ3) is 6.50. The summed E-state index contributed by atoms with van der Waals surface area (Å²) in [5.41, 5.74) is 5.81. The Balaban J connectivity index is 1.70. The average molecular weight is 429 g/mol. The van der Waals surface area contributed by atoms with Gasteiger partial charge in [0.15, 0.2) is 0 Å². The molecule has 168 valence electrons. The summed E-state index contributed by atoms with van der Waals surface area (Å²) in [4.78, 5) is 0. The zero-order valence-electron chi connectivity index (χ0n) is 19.8. The number of ether oxygens (including phenoxy) is 2. The molecule has 32 heavy (non-hydrogen) atoms. The van der Waals surface area contributed by atoms with E-state index in [1.165, 1.54) is 36.0 Å². The van der Waals surface area contributed by atoms with Crippen LogP contribution in [-0.2, 0) is 0 Å². The number of hydrogen-bond acceptors (Lipinski definition) is 2. The van der Waals surface area contributed by atoms with Gasteiger partial charge in [-0.3, -0.25) is 0 Å². The summed E-state index contributed by atoms with van der Waals surface area (Å²) in [7, 11) is 0. The highest BCUT2D eigenvalue weighted by molar-refractivity contribution is 5.79. The van der Waals surface area contributed by atoms with Crippen molar-refractivity contribution in [3.8, 4) is 33.8 Å². The van der Waals surface area contributed by atoms with Crippen molar-refractivity contribution in [3.05, 3.63) is 78.9 Å². The van der Waals surface area contributed by atoms with Gasteiger partial charge in [0.25, 0.3) is 0 Å². The second-order valence-electron chi connectivity index (χ2n) is 8.30. The molecule has 0 saturated heterocycles. The zero-order chi connectivity index (χ0) is 22.8. The normalized spacial score (nSPS) is 11.7. The van der Waals surface area contributed by atoms with Crippen LogP contribution >= 0.6 is 0 Å². The summed E-state index contributed by atoms with van der Waals surface area (Å²) in [5, 5.41) is 0. The lowest BCUT2D eigenvalue weighted by Gasteiger charge is -2.14. The second-order valence-corrected chi connectivity index (χ2v) is 8.30. The quantitative estimate of drug-likeness (QED) is 0.268. The molecule has 0 amide bonds. The van der Waals surface area contributed by atoms with E-state index in [1.807, 2.05) is 18.2 Å². The summed E-state index contributed by atoms with van der Waals surface area (Å²) in [6.07, 6.45) is 8.02. The van der Waals surface area contributed by atoms with Crippen LogP contribution in [0.1, 0.15) is 58.4 Å². The Morgan fingerprint density at radius 3 is 2.09 bits per heavy atom. The topological polar surface area (TPSA) is 18.5 Å². The number of rotatable bonds is 12. The van der Waals surface area contributed by atoms with Crippen molar-refractivity contribution in [2.24, 2.45) is 0 Å². The molecular formula is C30H36O2. The highest BCUT2D eigenvalue weighted by Crippen LogP contribution is 2.31. The Hall–Kier alpha value is -3.00. The lowest BCUT2D eigenvalue weighted by molar-refractivity contribution is 0.217. The van der Waals surface area contributed by atoms with Gasteiger partial charge in [0, 0.05) is 0 Å². The minimum absolute atomic E-state index is 0.224. The summed E-state index contributed by atoms with van der Waals surface area (Å²) >= 11 is 0. The smallest absolute Gasteiger partial charge is 0.119 e. The maximum atomic E-state index is 5.91. The number of hydrogen-bond donors (Lipinski definition) is 0. The Morgan fingerprint density at radius 1 is 0.781 bits per heavy atom. The SMILES string of the molecule is C=Cc1cc(-c2ccc(OCCCCCC)cc2)ccc1-c1ccc(O[C@H](C)CC)cc1.